The molecule has 2 aliphatic rings. The summed E-state index contributed by atoms with van der Waals surface area (Å²) in [5, 5.41) is 0. The molecule has 0 bridgehead atoms. The first kappa shape index (κ1) is 8.89. The fourth-order valence-corrected chi connectivity index (χ4v) is 2.44. The number of anilines is 1. The molecule has 15 heavy (non-hydrogen) atoms. The molecule has 1 aromatic rings. The smallest absolute Gasteiger partial charge is 0.151 e. The first-order chi connectivity index (χ1) is 7.28. The summed E-state index contributed by atoms with van der Waals surface area (Å²) in [5.41, 5.74) is 1.53. The fraction of sp³-hybridized carbons (Fsp3) is 0.500. The lowest BCUT2D eigenvalue weighted by atomic mass is 10.2. The molecule has 1 saturated heterocycles. The standard InChI is InChI=1S/C12H14N2O/c1-8-9(7-15)2-3-12(13-8)14-5-10-4-11(10)6-14/h2-3,7,10-11H,4-6H2,1H3. The highest BCUT2D eigenvalue weighted by Crippen LogP contribution is 2.45. The van der Waals surface area contributed by atoms with Crippen LogP contribution in [0, 0.1) is 18.8 Å². The van der Waals surface area contributed by atoms with Gasteiger partial charge in [-0.05, 0) is 37.3 Å². The van der Waals surface area contributed by atoms with Gasteiger partial charge in [0.25, 0.3) is 0 Å². The number of piperidine rings is 1. The highest BCUT2D eigenvalue weighted by molar-refractivity contribution is 5.76. The Morgan fingerprint density at radius 3 is 2.73 bits per heavy atom. The highest BCUT2D eigenvalue weighted by atomic mass is 16.1. The topological polar surface area (TPSA) is 33.2 Å². The minimum absolute atomic E-state index is 0.697. The van der Waals surface area contributed by atoms with E-state index in [1.165, 1.54) is 6.42 Å². The van der Waals surface area contributed by atoms with Crippen LogP contribution in [0.3, 0.4) is 0 Å². The molecule has 0 radical (unpaired) electrons. The zero-order chi connectivity index (χ0) is 10.4. The predicted molar refractivity (Wildman–Crippen MR) is 58.2 cm³/mol. The van der Waals surface area contributed by atoms with E-state index in [1.54, 1.807) is 0 Å². The van der Waals surface area contributed by atoms with E-state index in [0.29, 0.717) is 5.56 Å². The minimum Gasteiger partial charge on any atom is -0.356 e. The number of pyridine rings is 1. The van der Waals surface area contributed by atoms with Gasteiger partial charge in [0, 0.05) is 18.7 Å². The number of rotatable bonds is 2. The van der Waals surface area contributed by atoms with Crippen LogP contribution in [0.15, 0.2) is 12.1 Å². The van der Waals surface area contributed by atoms with Gasteiger partial charge in [0.05, 0.1) is 5.69 Å². The Hall–Kier alpha value is -1.38. The van der Waals surface area contributed by atoms with Crippen LogP contribution in [0.5, 0.6) is 0 Å². The molecule has 0 N–H and O–H groups in total. The van der Waals surface area contributed by atoms with Crippen molar-refractivity contribution in [2.75, 3.05) is 18.0 Å². The summed E-state index contributed by atoms with van der Waals surface area (Å²) in [6.07, 6.45) is 2.27. The van der Waals surface area contributed by atoms with Gasteiger partial charge in [0.2, 0.25) is 0 Å². The Kier molecular flexibility index (Phi) is 1.81. The third-order valence-electron chi connectivity index (χ3n) is 3.54. The number of aryl methyl sites for hydroxylation is 1. The van der Waals surface area contributed by atoms with Gasteiger partial charge in [0.15, 0.2) is 6.29 Å². The van der Waals surface area contributed by atoms with E-state index in [2.05, 4.69) is 9.88 Å². The number of aldehydes is 1. The van der Waals surface area contributed by atoms with Crippen molar-refractivity contribution in [3.05, 3.63) is 23.4 Å². The normalized spacial score (nSPS) is 27.7. The molecule has 1 aromatic heterocycles. The Morgan fingerprint density at radius 1 is 1.40 bits per heavy atom. The van der Waals surface area contributed by atoms with Crippen molar-refractivity contribution in [1.82, 2.24) is 4.98 Å². The van der Waals surface area contributed by atoms with Gasteiger partial charge in [-0.3, -0.25) is 4.79 Å². The molecule has 0 amide bonds. The monoisotopic (exact) mass is 202 g/mol. The second-order valence-electron chi connectivity index (χ2n) is 4.62. The van der Waals surface area contributed by atoms with Crippen LogP contribution in [-0.4, -0.2) is 24.4 Å². The van der Waals surface area contributed by atoms with Crippen LogP contribution in [0.1, 0.15) is 22.5 Å². The number of carbonyl (C=O) groups is 1. The summed E-state index contributed by atoms with van der Waals surface area (Å²) >= 11 is 0. The van der Waals surface area contributed by atoms with E-state index in [0.717, 1.165) is 42.7 Å². The first-order valence-electron chi connectivity index (χ1n) is 5.45. The lowest BCUT2D eigenvalue weighted by molar-refractivity contribution is 0.112. The summed E-state index contributed by atoms with van der Waals surface area (Å²) in [6.45, 7) is 4.19. The Balaban J connectivity index is 1.86. The Bertz CT molecular complexity index is 406. The second kappa shape index (κ2) is 3.05. The van der Waals surface area contributed by atoms with Crippen molar-refractivity contribution in [2.24, 2.45) is 11.8 Å². The number of nitrogens with zero attached hydrogens (tertiary/aromatic N) is 2. The molecule has 3 heteroatoms. The minimum atomic E-state index is 0.697. The van der Waals surface area contributed by atoms with Crippen molar-refractivity contribution in [3.8, 4) is 0 Å². The molecular weight excluding hydrogens is 188 g/mol. The third-order valence-corrected chi connectivity index (χ3v) is 3.54. The van der Waals surface area contributed by atoms with Gasteiger partial charge in [-0.1, -0.05) is 0 Å². The molecule has 78 valence electrons. The maximum Gasteiger partial charge on any atom is 0.151 e. The van der Waals surface area contributed by atoms with E-state index in [1.807, 2.05) is 19.1 Å². The molecule has 2 fully saturated rings. The molecule has 1 saturated carbocycles. The summed E-state index contributed by atoms with van der Waals surface area (Å²) in [6, 6.07) is 3.83. The second-order valence-corrected chi connectivity index (χ2v) is 4.62. The van der Waals surface area contributed by atoms with Crippen LogP contribution < -0.4 is 4.90 Å². The highest BCUT2D eigenvalue weighted by Gasteiger charge is 2.45. The van der Waals surface area contributed by atoms with E-state index in [4.69, 9.17) is 0 Å². The Labute approximate surface area is 89.1 Å². The molecule has 2 unspecified atom stereocenters. The fourth-order valence-electron chi connectivity index (χ4n) is 2.44. The molecule has 1 aliphatic carbocycles. The van der Waals surface area contributed by atoms with Gasteiger partial charge >= 0.3 is 0 Å². The summed E-state index contributed by atoms with van der Waals surface area (Å²) in [7, 11) is 0. The average Bonchev–Trinajstić information content (AvgIpc) is 2.86. The average molecular weight is 202 g/mol. The SMILES string of the molecule is Cc1nc(N2CC3CC3C2)ccc1C=O. The van der Waals surface area contributed by atoms with Crippen LogP contribution in [0.4, 0.5) is 5.82 Å². The lowest BCUT2D eigenvalue weighted by Gasteiger charge is -2.19. The van der Waals surface area contributed by atoms with Gasteiger partial charge in [-0.15, -0.1) is 0 Å². The van der Waals surface area contributed by atoms with Gasteiger partial charge in [-0.25, -0.2) is 4.98 Å². The molecular formula is C12H14N2O. The van der Waals surface area contributed by atoms with Crippen molar-refractivity contribution < 1.29 is 4.79 Å². The molecule has 1 aliphatic heterocycles. The number of carbonyl (C=O) groups excluding carboxylic acids is 1. The summed E-state index contributed by atoms with van der Waals surface area (Å²) in [5.74, 6) is 2.86. The third kappa shape index (κ3) is 1.42. The maximum atomic E-state index is 10.7. The Morgan fingerprint density at radius 2 is 2.13 bits per heavy atom. The molecule has 0 spiro atoms. The van der Waals surface area contributed by atoms with E-state index in [-0.39, 0.29) is 0 Å². The molecule has 3 nitrogen and oxygen atoms in total. The molecule has 2 atom stereocenters. The van der Waals surface area contributed by atoms with Crippen LogP contribution in [-0.2, 0) is 0 Å². The molecule has 2 heterocycles. The number of hydrogen-bond acceptors (Lipinski definition) is 3. The van der Waals surface area contributed by atoms with Crippen LogP contribution >= 0.6 is 0 Å². The van der Waals surface area contributed by atoms with Gasteiger partial charge in [-0.2, -0.15) is 0 Å². The summed E-state index contributed by atoms with van der Waals surface area (Å²) < 4.78 is 0. The zero-order valence-corrected chi connectivity index (χ0v) is 8.81. The van der Waals surface area contributed by atoms with Crippen molar-refractivity contribution >= 4 is 12.1 Å². The van der Waals surface area contributed by atoms with Gasteiger partial charge in [0.1, 0.15) is 5.82 Å². The van der Waals surface area contributed by atoms with E-state index >= 15 is 0 Å². The van der Waals surface area contributed by atoms with Crippen molar-refractivity contribution in [2.45, 2.75) is 13.3 Å². The van der Waals surface area contributed by atoms with Crippen LogP contribution in [0.2, 0.25) is 0 Å². The van der Waals surface area contributed by atoms with Crippen molar-refractivity contribution in [3.63, 3.8) is 0 Å². The predicted octanol–water partition coefficient (Wildman–Crippen LogP) is 1.66. The van der Waals surface area contributed by atoms with Crippen LogP contribution in [0.25, 0.3) is 0 Å². The summed E-state index contributed by atoms with van der Waals surface area (Å²) in [4.78, 5) is 17.5. The van der Waals surface area contributed by atoms with Crippen molar-refractivity contribution in [1.29, 1.82) is 0 Å². The largest absolute Gasteiger partial charge is 0.356 e. The lowest BCUT2D eigenvalue weighted by Crippen LogP contribution is -2.23. The number of hydrogen-bond donors (Lipinski definition) is 0. The quantitative estimate of drug-likeness (QED) is 0.684. The van der Waals surface area contributed by atoms with E-state index in [9.17, 15) is 4.79 Å². The van der Waals surface area contributed by atoms with E-state index < -0.39 is 0 Å². The first-order valence-corrected chi connectivity index (χ1v) is 5.45. The number of fused-ring (bicyclic) bond motifs is 1. The zero-order valence-electron chi connectivity index (χ0n) is 8.81. The number of aromatic nitrogens is 1. The molecule has 3 rings (SSSR count). The van der Waals surface area contributed by atoms with Gasteiger partial charge < -0.3 is 4.90 Å². The maximum absolute atomic E-state index is 10.7. The molecule has 0 aromatic carbocycles.